The summed E-state index contributed by atoms with van der Waals surface area (Å²) in [4.78, 5) is 41.5. The SMILES string of the molecule is Cc1cccc(C(C(=O)Nc2ccc3ccccc3c2)N(CC#N)C(=O)C(NC(=O)OC(C)(C)C)C(C)C)c1O. The number of ether oxygens (including phenoxy) is 1. The van der Waals surface area contributed by atoms with Crippen LogP contribution in [-0.2, 0) is 14.3 Å². The van der Waals surface area contributed by atoms with Gasteiger partial charge in [-0.1, -0.05) is 62.4 Å². The van der Waals surface area contributed by atoms with E-state index < -0.39 is 48.1 Å². The number of nitrogens with zero attached hydrogens (tertiary/aromatic N) is 2. The van der Waals surface area contributed by atoms with E-state index in [4.69, 9.17) is 4.74 Å². The van der Waals surface area contributed by atoms with Crippen LogP contribution in [0.1, 0.15) is 51.8 Å². The van der Waals surface area contributed by atoms with Gasteiger partial charge >= 0.3 is 6.09 Å². The molecule has 0 fully saturated rings. The third-order valence-corrected chi connectivity index (χ3v) is 6.27. The molecule has 3 aromatic rings. The number of rotatable bonds is 8. The maximum atomic E-state index is 14.0. The molecular weight excluding hydrogens is 508 g/mol. The predicted octanol–water partition coefficient (Wildman–Crippen LogP) is 5.44. The molecule has 0 spiro atoms. The van der Waals surface area contributed by atoms with Crippen LogP contribution >= 0.6 is 0 Å². The van der Waals surface area contributed by atoms with Crippen molar-refractivity contribution in [3.8, 4) is 11.8 Å². The van der Waals surface area contributed by atoms with E-state index >= 15 is 0 Å². The Kier molecular flexibility index (Phi) is 9.38. The molecule has 3 aromatic carbocycles. The Hall–Kier alpha value is -4.58. The number of fused-ring (bicyclic) bond motifs is 1. The van der Waals surface area contributed by atoms with E-state index in [1.807, 2.05) is 36.4 Å². The van der Waals surface area contributed by atoms with Crippen molar-refractivity contribution < 1.29 is 24.2 Å². The van der Waals surface area contributed by atoms with Gasteiger partial charge < -0.3 is 25.4 Å². The van der Waals surface area contributed by atoms with E-state index in [1.54, 1.807) is 65.8 Å². The highest BCUT2D eigenvalue weighted by Gasteiger charge is 2.38. The first-order chi connectivity index (χ1) is 18.8. The highest BCUT2D eigenvalue weighted by molar-refractivity contribution is 6.01. The Morgan fingerprint density at radius 2 is 1.70 bits per heavy atom. The highest BCUT2D eigenvalue weighted by atomic mass is 16.6. The summed E-state index contributed by atoms with van der Waals surface area (Å²) in [5.41, 5.74) is 0.341. The van der Waals surface area contributed by atoms with Gasteiger partial charge in [0.2, 0.25) is 5.91 Å². The van der Waals surface area contributed by atoms with Gasteiger partial charge in [-0.2, -0.15) is 5.26 Å². The number of nitriles is 1. The molecule has 0 heterocycles. The first kappa shape index (κ1) is 30.0. The Labute approximate surface area is 234 Å². The summed E-state index contributed by atoms with van der Waals surface area (Å²) < 4.78 is 5.34. The number of phenolic OH excluding ortho intramolecular Hbond substituents is 1. The van der Waals surface area contributed by atoms with Crippen LogP contribution in [0, 0.1) is 24.2 Å². The number of nitrogens with one attached hydrogen (secondary N) is 2. The van der Waals surface area contributed by atoms with Crippen molar-refractivity contribution in [2.45, 2.75) is 59.2 Å². The molecule has 0 aliphatic carbocycles. The monoisotopic (exact) mass is 544 g/mol. The lowest BCUT2D eigenvalue weighted by atomic mass is 9.97. The number of carbonyl (C=O) groups excluding carboxylic acids is 3. The predicted molar refractivity (Wildman–Crippen MR) is 153 cm³/mol. The number of aryl methyl sites for hydroxylation is 1. The zero-order valence-corrected chi connectivity index (χ0v) is 23.7. The summed E-state index contributed by atoms with van der Waals surface area (Å²) in [6.07, 6.45) is -0.799. The normalized spacial score (nSPS) is 12.8. The quantitative estimate of drug-likeness (QED) is 0.324. The van der Waals surface area contributed by atoms with Crippen LogP contribution < -0.4 is 10.6 Å². The molecule has 2 unspecified atom stereocenters. The van der Waals surface area contributed by atoms with E-state index in [-0.39, 0.29) is 11.3 Å². The van der Waals surface area contributed by atoms with Crippen LogP contribution in [0.4, 0.5) is 10.5 Å². The second-order valence-corrected chi connectivity index (χ2v) is 11.0. The molecule has 210 valence electrons. The fraction of sp³-hybridized carbons (Fsp3) is 0.355. The Balaban J connectivity index is 2.05. The molecule has 2 atom stereocenters. The molecule has 0 aliphatic heterocycles. The Morgan fingerprint density at radius 3 is 2.33 bits per heavy atom. The molecule has 40 heavy (non-hydrogen) atoms. The smallest absolute Gasteiger partial charge is 0.408 e. The second-order valence-electron chi connectivity index (χ2n) is 11.0. The van der Waals surface area contributed by atoms with Crippen molar-refractivity contribution in [1.29, 1.82) is 5.26 Å². The summed E-state index contributed by atoms with van der Waals surface area (Å²) >= 11 is 0. The van der Waals surface area contributed by atoms with Gasteiger partial charge in [-0.05, 0) is 62.1 Å². The number of hydrogen-bond acceptors (Lipinski definition) is 6. The van der Waals surface area contributed by atoms with Crippen LogP contribution in [0.3, 0.4) is 0 Å². The van der Waals surface area contributed by atoms with Gasteiger partial charge in [-0.15, -0.1) is 0 Å². The second kappa shape index (κ2) is 12.5. The topological polar surface area (TPSA) is 132 Å². The fourth-order valence-corrected chi connectivity index (χ4v) is 4.33. The van der Waals surface area contributed by atoms with E-state index in [1.165, 1.54) is 6.07 Å². The summed E-state index contributed by atoms with van der Waals surface area (Å²) in [5, 5.41) is 28.0. The largest absolute Gasteiger partial charge is 0.507 e. The molecule has 3 amide bonds. The van der Waals surface area contributed by atoms with E-state index in [2.05, 4.69) is 10.6 Å². The van der Waals surface area contributed by atoms with Gasteiger partial charge in [-0.25, -0.2) is 4.79 Å². The number of phenols is 1. The van der Waals surface area contributed by atoms with Crippen molar-refractivity contribution in [1.82, 2.24) is 10.2 Å². The lowest BCUT2D eigenvalue weighted by Gasteiger charge is -2.34. The first-order valence-corrected chi connectivity index (χ1v) is 13.1. The molecule has 0 bridgehead atoms. The van der Waals surface area contributed by atoms with Crippen molar-refractivity contribution in [2.75, 3.05) is 11.9 Å². The van der Waals surface area contributed by atoms with Crippen LogP contribution in [-0.4, -0.2) is 46.1 Å². The molecule has 9 heteroatoms. The molecule has 3 N–H and O–H groups in total. The summed E-state index contributed by atoms with van der Waals surface area (Å²) in [5.74, 6) is -1.86. The Morgan fingerprint density at radius 1 is 1.02 bits per heavy atom. The molecule has 0 saturated carbocycles. The van der Waals surface area contributed by atoms with E-state index in [0.717, 1.165) is 15.7 Å². The van der Waals surface area contributed by atoms with Gasteiger partial charge in [0, 0.05) is 11.3 Å². The van der Waals surface area contributed by atoms with Crippen LogP contribution in [0.25, 0.3) is 10.8 Å². The minimum absolute atomic E-state index is 0.154. The number of benzene rings is 3. The number of aromatic hydroxyl groups is 1. The number of alkyl carbamates (subject to hydrolysis) is 1. The molecular formula is C31H36N4O5. The van der Waals surface area contributed by atoms with Crippen molar-refractivity contribution in [3.63, 3.8) is 0 Å². The molecule has 0 radical (unpaired) electrons. The summed E-state index contributed by atoms with van der Waals surface area (Å²) in [6, 6.07) is 17.4. The highest BCUT2D eigenvalue weighted by Crippen LogP contribution is 2.33. The molecule has 0 saturated heterocycles. The minimum Gasteiger partial charge on any atom is -0.507 e. The average molecular weight is 545 g/mol. The Bertz CT molecular complexity index is 1440. The van der Waals surface area contributed by atoms with Crippen molar-refractivity contribution in [2.24, 2.45) is 5.92 Å². The van der Waals surface area contributed by atoms with E-state index in [9.17, 15) is 24.8 Å². The summed E-state index contributed by atoms with van der Waals surface area (Å²) in [7, 11) is 0. The van der Waals surface area contributed by atoms with Crippen LogP contribution in [0.15, 0.2) is 60.7 Å². The zero-order chi connectivity index (χ0) is 29.6. The fourth-order valence-electron chi connectivity index (χ4n) is 4.33. The zero-order valence-electron chi connectivity index (χ0n) is 23.7. The van der Waals surface area contributed by atoms with Gasteiger partial charge in [-0.3, -0.25) is 9.59 Å². The first-order valence-electron chi connectivity index (χ1n) is 13.1. The number of amides is 3. The van der Waals surface area contributed by atoms with E-state index in [0.29, 0.717) is 11.3 Å². The van der Waals surface area contributed by atoms with Gasteiger partial charge in [0.05, 0.1) is 6.07 Å². The standard InChI is InChI=1S/C31H36N4O5/c1-19(2)25(34-30(39)40-31(4,5)6)29(38)35(17-16-32)26(24-13-9-10-20(3)27(24)36)28(37)33-23-15-14-21-11-7-8-12-22(21)18-23/h7-15,18-19,25-26,36H,17H2,1-6H3,(H,33,37)(H,34,39). The third kappa shape index (κ3) is 7.29. The van der Waals surface area contributed by atoms with Crippen LogP contribution in [0.5, 0.6) is 5.75 Å². The average Bonchev–Trinajstić information content (AvgIpc) is 2.87. The third-order valence-electron chi connectivity index (χ3n) is 6.27. The summed E-state index contributed by atoms with van der Waals surface area (Å²) in [6.45, 7) is 9.78. The van der Waals surface area contributed by atoms with Crippen molar-refractivity contribution in [3.05, 3.63) is 71.8 Å². The molecule has 3 rings (SSSR count). The molecule has 0 aromatic heterocycles. The lowest BCUT2D eigenvalue weighted by molar-refractivity contribution is -0.141. The van der Waals surface area contributed by atoms with Gasteiger partial charge in [0.1, 0.15) is 30.0 Å². The maximum absolute atomic E-state index is 14.0. The molecule has 0 aliphatic rings. The maximum Gasteiger partial charge on any atom is 0.408 e. The van der Waals surface area contributed by atoms with Gasteiger partial charge in [0.25, 0.3) is 5.91 Å². The number of para-hydroxylation sites is 1. The van der Waals surface area contributed by atoms with Crippen molar-refractivity contribution >= 4 is 34.4 Å². The number of anilines is 1. The number of carbonyl (C=O) groups is 3. The molecule has 9 nitrogen and oxygen atoms in total. The minimum atomic E-state index is -1.37. The lowest BCUT2D eigenvalue weighted by Crippen LogP contribution is -2.54. The van der Waals surface area contributed by atoms with Crippen LogP contribution in [0.2, 0.25) is 0 Å². The van der Waals surface area contributed by atoms with Gasteiger partial charge in [0.15, 0.2) is 0 Å². The number of hydrogen-bond donors (Lipinski definition) is 3.